The van der Waals surface area contributed by atoms with E-state index in [1.54, 1.807) is 18.2 Å². The van der Waals surface area contributed by atoms with Crippen molar-refractivity contribution in [1.82, 2.24) is 0 Å². The number of carbonyl (C=O) groups excluding carboxylic acids is 2. The Morgan fingerprint density at radius 3 is 2.29 bits per heavy atom. The molecule has 0 spiro atoms. The number of carbonyl (C=O) groups is 2. The number of aryl methyl sites for hydroxylation is 4. The molecule has 0 radical (unpaired) electrons. The van der Waals surface area contributed by atoms with E-state index in [0.717, 1.165) is 39.9 Å². The SMILES string of the molecule is CCCOc1ccccc1N1C(=O)C(Nc2ccc(C)c(C)c2)=C(c2ccc(C)cc2C)C1=O. The minimum Gasteiger partial charge on any atom is -0.491 e. The molecule has 0 aromatic heterocycles. The first kappa shape index (κ1) is 23.3. The number of benzene rings is 3. The molecule has 0 atom stereocenters. The molecule has 0 bridgehead atoms. The summed E-state index contributed by atoms with van der Waals surface area (Å²) < 4.78 is 5.87. The quantitative estimate of drug-likeness (QED) is 0.438. The number of ether oxygens (including phenoxy) is 1. The van der Waals surface area contributed by atoms with Crippen LogP contribution in [-0.2, 0) is 9.59 Å². The summed E-state index contributed by atoms with van der Waals surface area (Å²) in [6.45, 7) is 10.5. The van der Waals surface area contributed by atoms with E-state index < -0.39 is 5.91 Å². The maximum atomic E-state index is 13.9. The zero-order valence-corrected chi connectivity index (χ0v) is 20.4. The van der Waals surface area contributed by atoms with E-state index in [2.05, 4.69) is 5.32 Å². The predicted octanol–water partition coefficient (Wildman–Crippen LogP) is 6.11. The van der Waals surface area contributed by atoms with E-state index in [4.69, 9.17) is 4.74 Å². The van der Waals surface area contributed by atoms with Crippen molar-refractivity contribution >= 4 is 28.8 Å². The van der Waals surface area contributed by atoms with Gasteiger partial charge in [-0.1, -0.05) is 48.9 Å². The molecule has 34 heavy (non-hydrogen) atoms. The van der Waals surface area contributed by atoms with Crippen molar-refractivity contribution < 1.29 is 14.3 Å². The number of rotatable bonds is 7. The Balaban J connectivity index is 1.85. The van der Waals surface area contributed by atoms with E-state index in [9.17, 15) is 9.59 Å². The highest BCUT2D eigenvalue weighted by Gasteiger charge is 2.41. The first-order valence-electron chi connectivity index (χ1n) is 11.6. The molecule has 1 aliphatic rings. The number of nitrogens with one attached hydrogen (secondary N) is 1. The van der Waals surface area contributed by atoms with Crippen LogP contribution in [0.4, 0.5) is 11.4 Å². The summed E-state index contributed by atoms with van der Waals surface area (Å²) >= 11 is 0. The Morgan fingerprint density at radius 1 is 0.824 bits per heavy atom. The van der Waals surface area contributed by atoms with Gasteiger partial charge in [-0.05, 0) is 80.6 Å². The van der Waals surface area contributed by atoms with Gasteiger partial charge in [0.05, 0.1) is 17.9 Å². The number of para-hydroxylation sites is 2. The lowest BCUT2D eigenvalue weighted by atomic mass is 9.97. The van der Waals surface area contributed by atoms with E-state index in [0.29, 0.717) is 23.6 Å². The van der Waals surface area contributed by atoms with Crippen LogP contribution in [0.15, 0.2) is 66.4 Å². The fourth-order valence-electron chi connectivity index (χ4n) is 4.15. The Kier molecular flexibility index (Phi) is 6.55. The molecule has 3 aromatic rings. The zero-order chi connectivity index (χ0) is 24.4. The third-order valence-electron chi connectivity index (χ3n) is 6.08. The Morgan fingerprint density at radius 2 is 1.59 bits per heavy atom. The van der Waals surface area contributed by atoms with E-state index in [1.807, 2.05) is 77.1 Å². The normalized spacial score (nSPS) is 13.6. The average molecular weight is 455 g/mol. The number of amides is 2. The lowest BCUT2D eigenvalue weighted by Crippen LogP contribution is -2.32. The average Bonchev–Trinajstić information content (AvgIpc) is 3.04. The van der Waals surface area contributed by atoms with Gasteiger partial charge < -0.3 is 10.1 Å². The lowest BCUT2D eigenvalue weighted by molar-refractivity contribution is -0.120. The van der Waals surface area contributed by atoms with Crippen molar-refractivity contribution in [3.63, 3.8) is 0 Å². The van der Waals surface area contributed by atoms with Gasteiger partial charge in [0.1, 0.15) is 11.4 Å². The van der Waals surface area contributed by atoms with Gasteiger partial charge in [-0.15, -0.1) is 0 Å². The maximum absolute atomic E-state index is 13.9. The largest absolute Gasteiger partial charge is 0.491 e. The summed E-state index contributed by atoms with van der Waals surface area (Å²) in [6.07, 6.45) is 0.821. The zero-order valence-electron chi connectivity index (χ0n) is 20.4. The van der Waals surface area contributed by atoms with Gasteiger partial charge in [-0.25, -0.2) is 4.90 Å². The van der Waals surface area contributed by atoms with Gasteiger partial charge in [-0.2, -0.15) is 0 Å². The van der Waals surface area contributed by atoms with Gasteiger partial charge in [0.25, 0.3) is 11.8 Å². The van der Waals surface area contributed by atoms with Crippen LogP contribution in [0.3, 0.4) is 0 Å². The second kappa shape index (κ2) is 9.56. The number of hydrogen-bond donors (Lipinski definition) is 1. The monoisotopic (exact) mass is 454 g/mol. The van der Waals surface area contributed by atoms with Crippen LogP contribution in [0.5, 0.6) is 5.75 Å². The van der Waals surface area contributed by atoms with Gasteiger partial charge >= 0.3 is 0 Å². The second-order valence-electron chi connectivity index (χ2n) is 8.75. The molecule has 0 fully saturated rings. The molecule has 5 nitrogen and oxygen atoms in total. The number of anilines is 2. The van der Waals surface area contributed by atoms with Crippen LogP contribution in [0.1, 0.15) is 41.2 Å². The lowest BCUT2D eigenvalue weighted by Gasteiger charge is -2.19. The van der Waals surface area contributed by atoms with Crippen molar-refractivity contribution in [2.75, 3.05) is 16.8 Å². The first-order chi connectivity index (χ1) is 16.3. The van der Waals surface area contributed by atoms with Crippen LogP contribution in [0, 0.1) is 27.7 Å². The topological polar surface area (TPSA) is 58.6 Å². The minimum absolute atomic E-state index is 0.269. The van der Waals surface area contributed by atoms with Crippen molar-refractivity contribution in [1.29, 1.82) is 0 Å². The fourth-order valence-corrected chi connectivity index (χ4v) is 4.15. The molecule has 0 saturated carbocycles. The molecule has 0 aliphatic carbocycles. The van der Waals surface area contributed by atoms with Crippen molar-refractivity contribution in [3.8, 4) is 5.75 Å². The Hall–Kier alpha value is -3.86. The third-order valence-corrected chi connectivity index (χ3v) is 6.08. The molecule has 3 aromatic carbocycles. The number of imide groups is 1. The fraction of sp³-hybridized carbons (Fsp3) is 0.241. The summed E-state index contributed by atoms with van der Waals surface area (Å²) in [6, 6.07) is 19.0. The molecule has 5 heteroatoms. The standard InChI is InChI=1S/C29H30N2O3/c1-6-15-34-25-10-8-7-9-24(25)31-28(32)26(23-14-11-18(2)16-21(23)5)27(29(31)33)30-22-13-12-19(3)20(4)17-22/h7-14,16-17,30H,6,15H2,1-5H3. The minimum atomic E-state index is -0.397. The molecule has 0 unspecified atom stereocenters. The maximum Gasteiger partial charge on any atom is 0.282 e. The molecule has 174 valence electrons. The highest BCUT2D eigenvalue weighted by atomic mass is 16.5. The van der Waals surface area contributed by atoms with Crippen molar-refractivity contribution in [3.05, 3.63) is 94.2 Å². The van der Waals surface area contributed by atoms with Crippen molar-refractivity contribution in [2.45, 2.75) is 41.0 Å². The molecule has 0 saturated heterocycles. The van der Waals surface area contributed by atoms with Crippen LogP contribution in [-0.4, -0.2) is 18.4 Å². The molecule has 4 rings (SSSR count). The molecule has 2 amide bonds. The smallest absolute Gasteiger partial charge is 0.282 e. The Labute approximate surface area is 201 Å². The van der Waals surface area contributed by atoms with E-state index >= 15 is 0 Å². The third kappa shape index (κ3) is 4.34. The molecule has 1 heterocycles. The summed E-state index contributed by atoms with van der Waals surface area (Å²) in [5, 5.41) is 3.27. The molecule has 1 aliphatic heterocycles. The molecular weight excluding hydrogens is 424 g/mol. The second-order valence-corrected chi connectivity index (χ2v) is 8.75. The summed E-state index contributed by atoms with van der Waals surface area (Å²) in [5.41, 5.74) is 6.88. The number of nitrogens with zero attached hydrogens (tertiary/aromatic N) is 1. The van der Waals surface area contributed by atoms with Gasteiger partial charge in [0, 0.05) is 5.69 Å². The van der Waals surface area contributed by atoms with Crippen molar-refractivity contribution in [2.24, 2.45) is 0 Å². The summed E-state index contributed by atoms with van der Waals surface area (Å²) in [7, 11) is 0. The first-order valence-corrected chi connectivity index (χ1v) is 11.6. The molecule has 1 N–H and O–H groups in total. The molecular formula is C29H30N2O3. The summed E-state index contributed by atoms with van der Waals surface area (Å²) in [5.74, 6) is -0.250. The summed E-state index contributed by atoms with van der Waals surface area (Å²) in [4.78, 5) is 28.9. The Bertz CT molecular complexity index is 1310. The number of hydrogen-bond acceptors (Lipinski definition) is 4. The predicted molar refractivity (Wildman–Crippen MR) is 137 cm³/mol. The highest BCUT2D eigenvalue weighted by molar-refractivity contribution is 6.46. The van der Waals surface area contributed by atoms with Crippen LogP contribution >= 0.6 is 0 Å². The van der Waals surface area contributed by atoms with Gasteiger partial charge in [0.15, 0.2) is 0 Å². The van der Waals surface area contributed by atoms with Crippen LogP contribution in [0.25, 0.3) is 5.57 Å². The highest BCUT2D eigenvalue weighted by Crippen LogP contribution is 2.39. The van der Waals surface area contributed by atoms with Crippen LogP contribution < -0.4 is 15.0 Å². The van der Waals surface area contributed by atoms with E-state index in [1.165, 1.54) is 4.90 Å². The van der Waals surface area contributed by atoms with Gasteiger partial charge in [-0.3, -0.25) is 9.59 Å². The van der Waals surface area contributed by atoms with Gasteiger partial charge in [0.2, 0.25) is 0 Å². The van der Waals surface area contributed by atoms with Crippen LogP contribution in [0.2, 0.25) is 0 Å². The van der Waals surface area contributed by atoms with E-state index in [-0.39, 0.29) is 11.6 Å².